The van der Waals surface area contributed by atoms with Crippen LogP contribution in [0.25, 0.3) is 0 Å². The second kappa shape index (κ2) is 4.40. The van der Waals surface area contributed by atoms with E-state index in [2.05, 4.69) is 5.32 Å². The predicted octanol–water partition coefficient (Wildman–Crippen LogP) is 0.526. The molecule has 0 aromatic carbocycles. The molecule has 0 bridgehead atoms. The Hall–Kier alpha value is -0.120. The van der Waals surface area contributed by atoms with Gasteiger partial charge in [-0.25, -0.2) is 0 Å². The molecule has 1 aliphatic heterocycles. The van der Waals surface area contributed by atoms with Crippen molar-refractivity contribution >= 4 is 0 Å². The van der Waals surface area contributed by atoms with Crippen molar-refractivity contribution in [2.45, 2.75) is 37.8 Å². The third-order valence-electron chi connectivity index (χ3n) is 3.22. The van der Waals surface area contributed by atoms with Gasteiger partial charge in [0.05, 0.1) is 12.7 Å². The van der Waals surface area contributed by atoms with E-state index >= 15 is 0 Å². The normalized spacial score (nSPS) is 39.9. The quantitative estimate of drug-likeness (QED) is 0.674. The van der Waals surface area contributed by atoms with Crippen molar-refractivity contribution in [2.75, 3.05) is 19.8 Å². The number of rotatable bonds is 3. The highest BCUT2D eigenvalue weighted by Gasteiger charge is 2.26. The second-order valence-electron chi connectivity index (χ2n) is 4.23. The van der Waals surface area contributed by atoms with Gasteiger partial charge in [0.1, 0.15) is 0 Å². The van der Waals surface area contributed by atoms with E-state index < -0.39 is 0 Å². The van der Waals surface area contributed by atoms with Gasteiger partial charge in [-0.05, 0) is 25.2 Å². The summed E-state index contributed by atoms with van der Waals surface area (Å²) in [4.78, 5) is 0. The third-order valence-corrected chi connectivity index (χ3v) is 3.22. The fourth-order valence-corrected chi connectivity index (χ4v) is 2.27. The van der Waals surface area contributed by atoms with Crippen LogP contribution in [0.3, 0.4) is 0 Å². The van der Waals surface area contributed by atoms with Crippen LogP contribution in [0, 0.1) is 5.92 Å². The van der Waals surface area contributed by atoms with Crippen molar-refractivity contribution in [1.82, 2.24) is 5.32 Å². The van der Waals surface area contributed by atoms with Gasteiger partial charge >= 0.3 is 0 Å². The Balaban J connectivity index is 1.66. The van der Waals surface area contributed by atoms with Crippen molar-refractivity contribution in [3.8, 4) is 0 Å². The van der Waals surface area contributed by atoms with Crippen LogP contribution in [0.5, 0.6) is 0 Å². The molecule has 0 aromatic heterocycles. The standard InChI is InChI=1S/C10H19NO2/c12-10-3-1-2-8(10)6-11-9-4-5-13-7-9/h8-12H,1-7H2. The number of hydrogen-bond donors (Lipinski definition) is 2. The summed E-state index contributed by atoms with van der Waals surface area (Å²) in [6.07, 6.45) is 4.43. The fraction of sp³-hybridized carbons (Fsp3) is 1.00. The Kier molecular flexibility index (Phi) is 3.19. The SMILES string of the molecule is OC1CCCC1CNC1CCOC1. The highest BCUT2D eigenvalue weighted by molar-refractivity contribution is 4.80. The Morgan fingerprint density at radius 3 is 2.85 bits per heavy atom. The molecule has 1 aliphatic carbocycles. The van der Waals surface area contributed by atoms with Gasteiger partial charge in [-0.15, -0.1) is 0 Å². The van der Waals surface area contributed by atoms with E-state index in [1.165, 1.54) is 12.8 Å². The van der Waals surface area contributed by atoms with Gasteiger partial charge in [0, 0.05) is 19.2 Å². The molecule has 3 heteroatoms. The molecule has 2 fully saturated rings. The Labute approximate surface area is 79.5 Å². The molecule has 3 nitrogen and oxygen atoms in total. The summed E-state index contributed by atoms with van der Waals surface area (Å²) in [5.74, 6) is 0.487. The van der Waals surface area contributed by atoms with Gasteiger partial charge in [0.2, 0.25) is 0 Å². The van der Waals surface area contributed by atoms with Gasteiger partial charge in [-0.2, -0.15) is 0 Å². The lowest BCUT2D eigenvalue weighted by atomic mass is 10.1. The monoisotopic (exact) mass is 185 g/mol. The molecule has 0 aromatic rings. The summed E-state index contributed by atoms with van der Waals surface area (Å²) in [6.45, 7) is 2.71. The van der Waals surface area contributed by atoms with Gasteiger partial charge in [-0.1, -0.05) is 6.42 Å². The molecule has 0 spiro atoms. The first-order chi connectivity index (χ1) is 6.36. The molecule has 2 N–H and O–H groups in total. The molecule has 2 rings (SSSR count). The highest BCUT2D eigenvalue weighted by atomic mass is 16.5. The summed E-state index contributed by atoms with van der Waals surface area (Å²) in [7, 11) is 0. The van der Waals surface area contributed by atoms with Crippen LogP contribution in [0.15, 0.2) is 0 Å². The molecule has 1 saturated heterocycles. The average molecular weight is 185 g/mol. The lowest BCUT2D eigenvalue weighted by molar-refractivity contribution is 0.128. The minimum atomic E-state index is -0.0604. The van der Waals surface area contributed by atoms with Gasteiger partial charge in [-0.3, -0.25) is 0 Å². The van der Waals surface area contributed by atoms with E-state index in [-0.39, 0.29) is 6.10 Å². The smallest absolute Gasteiger partial charge is 0.0620 e. The zero-order valence-corrected chi connectivity index (χ0v) is 8.04. The van der Waals surface area contributed by atoms with E-state index in [0.29, 0.717) is 12.0 Å². The minimum Gasteiger partial charge on any atom is -0.393 e. The lowest BCUT2D eigenvalue weighted by Gasteiger charge is -2.17. The zero-order chi connectivity index (χ0) is 9.10. The number of ether oxygens (including phenoxy) is 1. The van der Waals surface area contributed by atoms with Crippen LogP contribution < -0.4 is 5.32 Å². The first-order valence-corrected chi connectivity index (χ1v) is 5.35. The van der Waals surface area contributed by atoms with Gasteiger partial charge in [0.25, 0.3) is 0 Å². The zero-order valence-electron chi connectivity index (χ0n) is 8.04. The predicted molar refractivity (Wildman–Crippen MR) is 50.6 cm³/mol. The van der Waals surface area contributed by atoms with E-state index in [1.54, 1.807) is 0 Å². The molecular formula is C10H19NO2. The second-order valence-corrected chi connectivity index (χ2v) is 4.23. The molecule has 3 unspecified atom stereocenters. The number of aliphatic hydroxyl groups excluding tert-OH is 1. The number of aliphatic hydroxyl groups is 1. The van der Waals surface area contributed by atoms with E-state index in [0.717, 1.165) is 32.6 Å². The summed E-state index contributed by atoms with van der Waals surface area (Å²) in [6, 6.07) is 0.535. The summed E-state index contributed by atoms with van der Waals surface area (Å²) in [5.41, 5.74) is 0. The maximum atomic E-state index is 9.59. The molecular weight excluding hydrogens is 166 g/mol. The summed E-state index contributed by atoms with van der Waals surface area (Å²) >= 11 is 0. The average Bonchev–Trinajstić information content (AvgIpc) is 2.72. The molecule has 0 radical (unpaired) electrons. The van der Waals surface area contributed by atoms with Crippen molar-refractivity contribution in [2.24, 2.45) is 5.92 Å². The molecule has 76 valence electrons. The first kappa shape index (κ1) is 9.44. The first-order valence-electron chi connectivity index (χ1n) is 5.35. The fourth-order valence-electron chi connectivity index (χ4n) is 2.27. The van der Waals surface area contributed by atoms with Crippen molar-refractivity contribution in [3.63, 3.8) is 0 Å². The Bertz CT molecular complexity index is 157. The van der Waals surface area contributed by atoms with Crippen molar-refractivity contribution < 1.29 is 9.84 Å². The largest absolute Gasteiger partial charge is 0.393 e. The Morgan fingerprint density at radius 2 is 2.23 bits per heavy atom. The summed E-state index contributed by atoms with van der Waals surface area (Å²) in [5, 5.41) is 13.1. The minimum absolute atomic E-state index is 0.0604. The van der Waals surface area contributed by atoms with Crippen LogP contribution in [0.4, 0.5) is 0 Å². The molecule has 0 amide bonds. The molecule has 13 heavy (non-hydrogen) atoms. The number of nitrogens with one attached hydrogen (secondary N) is 1. The molecule has 3 atom stereocenters. The molecule has 2 aliphatic rings. The van der Waals surface area contributed by atoms with Crippen LogP contribution in [-0.2, 0) is 4.74 Å². The topological polar surface area (TPSA) is 41.5 Å². The summed E-state index contributed by atoms with van der Waals surface area (Å²) < 4.78 is 5.27. The van der Waals surface area contributed by atoms with Crippen molar-refractivity contribution in [3.05, 3.63) is 0 Å². The lowest BCUT2D eigenvalue weighted by Crippen LogP contribution is -2.35. The maximum absolute atomic E-state index is 9.59. The van der Waals surface area contributed by atoms with Crippen LogP contribution in [-0.4, -0.2) is 37.0 Å². The number of hydrogen-bond acceptors (Lipinski definition) is 3. The van der Waals surface area contributed by atoms with Crippen LogP contribution >= 0.6 is 0 Å². The maximum Gasteiger partial charge on any atom is 0.0620 e. The molecule has 1 heterocycles. The highest BCUT2D eigenvalue weighted by Crippen LogP contribution is 2.24. The van der Waals surface area contributed by atoms with E-state index in [1.807, 2.05) is 0 Å². The van der Waals surface area contributed by atoms with Gasteiger partial charge in [0.15, 0.2) is 0 Å². The van der Waals surface area contributed by atoms with Crippen molar-refractivity contribution in [1.29, 1.82) is 0 Å². The Morgan fingerprint density at radius 1 is 1.31 bits per heavy atom. The van der Waals surface area contributed by atoms with Gasteiger partial charge < -0.3 is 15.2 Å². The van der Waals surface area contributed by atoms with E-state index in [9.17, 15) is 5.11 Å². The van der Waals surface area contributed by atoms with E-state index in [4.69, 9.17) is 4.74 Å². The third kappa shape index (κ3) is 2.42. The molecule has 1 saturated carbocycles. The van der Waals surface area contributed by atoms with Crippen LogP contribution in [0.2, 0.25) is 0 Å². The van der Waals surface area contributed by atoms with Crippen LogP contribution in [0.1, 0.15) is 25.7 Å².